The van der Waals surface area contributed by atoms with Gasteiger partial charge in [-0.25, -0.2) is 0 Å². The Kier molecular flexibility index (Phi) is 3.36. The Labute approximate surface area is 123 Å². The highest BCUT2D eigenvalue weighted by Gasteiger charge is 2.54. The first-order chi connectivity index (χ1) is 9.95. The van der Waals surface area contributed by atoms with Gasteiger partial charge in [0, 0.05) is 0 Å². The number of hydrogen-bond donors (Lipinski definition) is 0. The summed E-state index contributed by atoms with van der Waals surface area (Å²) in [6.45, 7) is 0. The van der Waals surface area contributed by atoms with Gasteiger partial charge in [-0.05, 0) is 48.9 Å². The molecule has 2 fully saturated rings. The molecule has 4 rings (SSSR count). The predicted molar refractivity (Wildman–Crippen MR) is 88.3 cm³/mol. The second-order valence-corrected chi connectivity index (χ2v) is 8.51. The highest BCUT2D eigenvalue weighted by Crippen LogP contribution is 2.64. The Balaban J connectivity index is 1.71. The molecule has 0 radical (unpaired) electrons. The van der Waals surface area contributed by atoms with Crippen LogP contribution in [0.25, 0.3) is 0 Å². The standard InChI is InChI=1S/C19H21P/c1-3-9-15(10-4-1)20(16-11-5-2-6-12-16)19-17-13-7-8-14-18(17)19/h1-6,9-12,17-19H,7-8,13-14H2. The average Bonchev–Trinajstić information content (AvgIpc) is 3.24. The van der Waals surface area contributed by atoms with E-state index in [0.29, 0.717) is 0 Å². The molecule has 0 nitrogen and oxygen atoms in total. The zero-order valence-corrected chi connectivity index (χ0v) is 12.7. The Morgan fingerprint density at radius 2 is 1.10 bits per heavy atom. The molecule has 0 saturated heterocycles. The van der Waals surface area contributed by atoms with E-state index >= 15 is 0 Å². The van der Waals surface area contributed by atoms with Gasteiger partial charge >= 0.3 is 0 Å². The maximum Gasteiger partial charge on any atom is -0.00664 e. The molecule has 0 spiro atoms. The lowest BCUT2D eigenvalue weighted by Crippen LogP contribution is -2.15. The molecule has 2 atom stereocenters. The summed E-state index contributed by atoms with van der Waals surface area (Å²) in [6, 6.07) is 22.5. The maximum atomic E-state index is 2.35. The van der Waals surface area contributed by atoms with Crippen LogP contribution in [-0.2, 0) is 0 Å². The number of hydrogen-bond acceptors (Lipinski definition) is 0. The first-order valence-corrected chi connectivity index (χ1v) is 9.25. The van der Waals surface area contributed by atoms with Crippen molar-refractivity contribution < 1.29 is 0 Å². The normalized spacial score (nSPS) is 28.1. The van der Waals surface area contributed by atoms with Crippen LogP contribution in [-0.4, -0.2) is 5.66 Å². The summed E-state index contributed by atoms with van der Waals surface area (Å²) in [4.78, 5) is 0. The van der Waals surface area contributed by atoms with E-state index in [0.717, 1.165) is 17.5 Å². The highest BCUT2D eigenvalue weighted by atomic mass is 31.1. The smallest absolute Gasteiger partial charge is 0.00664 e. The topological polar surface area (TPSA) is 0 Å². The molecule has 2 aromatic carbocycles. The highest BCUT2D eigenvalue weighted by molar-refractivity contribution is 7.74. The third-order valence-corrected chi connectivity index (χ3v) is 8.05. The van der Waals surface area contributed by atoms with Gasteiger partial charge in [0.25, 0.3) is 0 Å². The Hall–Kier alpha value is -1.13. The Morgan fingerprint density at radius 1 is 0.650 bits per heavy atom. The van der Waals surface area contributed by atoms with Gasteiger partial charge in [0.15, 0.2) is 0 Å². The first kappa shape index (κ1) is 12.6. The molecule has 2 aromatic rings. The van der Waals surface area contributed by atoms with Crippen molar-refractivity contribution in [1.82, 2.24) is 0 Å². The monoisotopic (exact) mass is 280 g/mol. The van der Waals surface area contributed by atoms with Crippen molar-refractivity contribution in [2.75, 3.05) is 0 Å². The lowest BCUT2D eigenvalue weighted by molar-refractivity contribution is 0.480. The van der Waals surface area contributed by atoms with E-state index in [9.17, 15) is 0 Å². The molecular weight excluding hydrogens is 259 g/mol. The van der Waals surface area contributed by atoms with Crippen molar-refractivity contribution in [3.05, 3.63) is 60.7 Å². The van der Waals surface area contributed by atoms with Crippen LogP contribution in [0.2, 0.25) is 0 Å². The van der Waals surface area contributed by atoms with Gasteiger partial charge in [0.2, 0.25) is 0 Å². The molecular formula is C19H21P. The molecule has 102 valence electrons. The molecule has 2 aliphatic rings. The van der Waals surface area contributed by atoms with E-state index in [1.54, 1.807) is 10.6 Å². The number of fused-ring (bicyclic) bond motifs is 1. The minimum absolute atomic E-state index is 0.149. The summed E-state index contributed by atoms with van der Waals surface area (Å²) < 4.78 is 0. The first-order valence-electron chi connectivity index (χ1n) is 7.84. The van der Waals surface area contributed by atoms with Crippen LogP contribution in [0.4, 0.5) is 0 Å². The summed E-state index contributed by atoms with van der Waals surface area (Å²) in [5, 5.41) is 3.15. The molecule has 2 aliphatic carbocycles. The van der Waals surface area contributed by atoms with Gasteiger partial charge in [-0.15, -0.1) is 0 Å². The van der Waals surface area contributed by atoms with Gasteiger partial charge in [-0.3, -0.25) is 0 Å². The summed E-state index contributed by atoms with van der Waals surface area (Å²) in [5.74, 6) is 2.05. The second kappa shape index (κ2) is 5.34. The van der Waals surface area contributed by atoms with E-state index in [1.165, 1.54) is 25.7 Å². The molecule has 20 heavy (non-hydrogen) atoms. The van der Waals surface area contributed by atoms with Crippen molar-refractivity contribution in [3.8, 4) is 0 Å². The zero-order chi connectivity index (χ0) is 13.4. The molecule has 2 saturated carbocycles. The molecule has 0 heterocycles. The number of benzene rings is 2. The van der Waals surface area contributed by atoms with Crippen LogP contribution >= 0.6 is 7.92 Å². The van der Waals surface area contributed by atoms with E-state index in [4.69, 9.17) is 0 Å². The van der Waals surface area contributed by atoms with Crippen LogP contribution in [0, 0.1) is 11.8 Å². The Morgan fingerprint density at radius 3 is 1.55 bits per heavy atom. The predicted octanol–water partition coefficient (Wildman–Crippen LogP) is 4.31. The minimum atomic E-state index is -0.149. The van der Waals surface area contributed by atoms with E-state index in [1.807, 2.05) is 0 Å². The lowest BCUT2D eigenvalue weighted by atomic mass is 10.0. The van der Waals surface area contributed by atoms with Gasteiger partial charge in [-0.1, -0.05) is 73.5 Å². The lowest BCUT2D eigenvalue weighted by Gasteiger charge is -2.19. The summed E-state index contributed by atoms with van der Waals surface area (Å²) in [6.07, 6.45) is 5.89. The van der Waals surface area contributed by atoms with Crippen molar-refractivity contribution in [2.24, 2.45) is 11.8 Å². The average molecular weight is 280 g/mol. The SMILES string of the molecule is c1ccc(P(c2ccccc2)C2C3CCCCC32)cc1. The third kappa shape index (κ3) is 2.21. The van der Waals surface area contributed by atoms with Crippen molar-refractivity contribution in [2.45, 2.75) is 31.3 Å². The zero-order valence-electron chi connectivity index (χ0n) is 11.8. The van der Waals surface area contributed by atoms with Gasteiger partial charge in [-0.2, -0.15) is 0 Å². The minimum Gasteiger partial charge on any atom is -0.0622 e. The molecule has 0 N–H and O–H groups in total. The quantitative estimate of drug-likeness (QED) is 0.735. The van der Waals surface area contributed by atoms with Gasteiger partial charge in [0.05, 0.1) is 0 Å². The van der Waals surface area contributed by atoms with Crippen LogP contribution in [0.15, 0.2) is 60.7 Å². The second-order valence-electron chi connectivity index (χ2n) is 6.14. The Bertz CT molecular complexity index is 511. The van der Waals surface area contributed by atoms with Crippen LogP contribution in [0.5, 0.6) is 0 Å². The van der Waals surface area contributed by atoms with Crippen LogP contribution < -0.4 is 10.6 Å². The van der Waals surface area contributed by atoms with Crippen molar-refractivity contribution in [1.29, 1.82) is 0 Å². The van der Waals surface area contributed by atoms with E-state index in [2.05, 4.69) is 60.7 Å². The van der Waals surface area contributed by atoms with Gasteiger partial charge < -0.3 is 0 Å². The van der Waals surface area contributed by atoms with Crippen LogP contribution in [0.1, 0.15) is 25.7 Å². The molecule has 1 heteroatoms. The fraction of sp³-hybridized carbons (Fsp3) is 0.368. The van der Waals surface area contributed by atoms with E-state index < -0.39 is 0 Å². The van der Waals surface area contributed by atoms with E-state index in [-0.39, 0.29) is 7.92 Å². The molecule has 0 amide bonds. The summed E-state index contributed by atoms with van der Waals surface area (Å²) in [7, 11) is -0.149. The third-order valence-electron chi connectivity index (χ3n) is 4.98. The van der Waals surface area contributed by atoms with Crippen molar-refractivity contribution in [3.63, 3.8) is 0 Å². The molecule has 2 unspecified atom stereocenters. The molecule has 0 aliphatic heterocycles. The summed E-state index contributed by atoms with van der Waals surface area (Å²) in [5.41, 5.74) is 0.956. The van der Waals surface area contributed by atoms with Gasteiger partial charge in [0.1, 0.15) is 0 Å². The van der Waals surface area contributed by atoms with Crippen LogP contribution in [0.3, 0.4) is 0 Å². The summed E-state index contributed by atoms with van der Waals surface area (Å²) >= 11 is 0. The number of rotatable bonds is 3. The fourth-order valence-corrected chi connectivity index (χ4v) is 7.39. The maximum absolute atomic E-state index is 2.35. The molecule has 0 bridgehead atoms. The molecule has 0 aromatic heterocycles. The largest absolute Gasteiger partial charge is 0.0622 e. The fourth-order valence-electron chi connectivity index (χ4n) is 4.01. The van der Waals surface area contributed by atoms with Crippen molar-refractivity contribution >= 4 is 18.5 Å².